The smallest absolute Gasteiger partial charge is 0.192 e. The first kappa shape index (κ1) is 18.8. The molecule has 0 radical (unpaired) electrons. The summed E-state index contributed by atoms with van der Waals surface area (Å²) in [5.74, 6) is 2.01. The highest BCUT2D eigenvalue weighted by Gasteiger charge is 2.28. The zero-order chi connectivity index (χ0) is 19.5. The normalized spacial score (nSPS) is 15.4. The molecule has 2 heterocycles. The Kier molecular flexibility index (Phi) is 5.54. The SMILES string of the molecule is C=CCn1c(SCc2c(F)cccc2Cl)nnc1[C@H]1COc2ccccc2O1. The van der Waals surface area contributed by atoms with Gasteiger partial charge >= 0.3 is 0 Å². The van der Waals surface area contributed by atoms with Gasteiger partial charge in [-0.05, 0) is 24.3 Å². The van der Waals surface area contributed by atoms with E-state index in [2.05, 4.69) is 16.8 Å². The van der Waals surface area contributed by atoms with Crippen LogP contribution in [-0.2, 0) is 12.3 Å². The molecule has 0 bridgehead atoms. The molecule has 0 unspecified atom stereocenters. The maximum absolute atomic E-state index is 14.0. The summed E-state index contributed by atoms with van der Waals surface area (Å²) in [6, 6.07) is 12.1. The van der Waals surface area contributed by atoms with E-state index in [1.807, 2.05) is 28.8 Å². The fraction of sp³-hybridized carbons (Fsp3) is 0.200. The third-order valence-electron chi connectivity index (χ3n) is 4.26. The van der Waals surface area contributed by atoms with E-state index in [4.69, 9.17) is 21.1 Å². The van der Waals surface area contributed by atoms with Crippen LogP contribution in [0.1, 0.15) is 17.5 Å². The van der Waals surface area contributed by atoms with Crippen LogP contribution in [-0.4, -0.2) is 21.4 Å². The average Bonchev–Trinajstić information content (AvgIpc) is 3.10. The van der Waals surface area contributed by atoms with Crippen molar-refractivity contribution in [1.82, 2.24) is 14.8 Å². The Hall–Kier alpha value is -2.51. The van der Waals surface area contributed by atoms with Crippen molar-refractivity contribution in [2.75, 3.05) is 6.61 Å². The van der Waals surface area contributed by atoms with Crippen LogP contribution >= 0.6 is 23.4 Å². The average molecular weight is 418 g/mol. The van der Waals surface area contributed by atoms with Gasteiger partial charge < -0.3 is 9.47 Å². The maximum atomic E-state index is 14.0. The molecule has 28 heavy (non-hydrogen) atoms. The summed E-state index contributed by atoms with van der Waals surface area (Å²) in [5.41, 5.74) is 0.440. The van der Waals surface area contributed by atoms with Crippen molar-refractivity contribution in [2.45, 2.75) is 23.6 Å². The first-order valence-electron chi connectivity index (χ1n) is 8.65. The minimum Gasteiger partial charge on any atom is -0.485 e. The van der Waals surface area contributed by atoms with Gasteiger partial charge in [-0.2, -0.15) is 0 Å². The van der Waals surface area contributed by atoms with E-state index in [1.54, 1.807) is 18.2 Å². The van der Waals surface area contributed by atoms with E-state index in [0.717, 1.165) is 0 Å². The lowest BCUT2D eigenvalue weighted by molar-refractivity contribution is 0.0821. The van der Waals surface area contributed by atoms with Gasteiger partial charge in [0.1, 0.15) is 12.4 Å². The third kappa shape index (κ3) is 3.72. The van der Waals surface area contributed by atoms with Crippen molar-refractivity contribution in [1.29, 1.82) is 0 Å². The van der Waals surface area contributed by atoms with Crippen molar-refractivity contribution in [3.63, 3.8) is 0 Å². The molecule has 1 aliphatic rings. The Morgan fingerprint density at radius 1 is 1.21 bits per heavy atom. The van der Waals surface area contributed by atoms with Crippen molar-refractivity contribution in [2.24, 2.45) is 0 Å². The molecule has 5 nitrogen and oxygen atoms in total. The molecule has 2 aromatic carbocycles. The Balaban J connectivity index is 1.57. The number of allylic oxidation sites excluding steroid dienone is 1. The molecule has 4 rings (SSSR count). The van der Waals surface area contributed by atoms with E-state index in [9.17, 15) is 4.39 Å². The van der Waals surface area contributed by atoms with E-state index in [-0.39, 0.29) is 5.82 Å². The predicted molar refractivity (Wildman–Crippen MR) is 106 cm³/mol. The van der Waals surface area contributed by atoms with Gasteiger partial charge in [0, 0.05) is 22.9 Å². The summed E-state index contributed by atoms with van der Waals surface area (Å²) in [6.07, 6.45) is 1.36. The standard InChI is InChI=1S/C20H17ClFN3O2S/c1-2-10-25-19(18-11-26-16-8-3-4-9-17(16)27-18)23-24-20(25)28-12-13-14(21)6-5-7-15(13)22/h2-9,18H,1,10-12H2/t18-/m1/s1. The third-order valence-corrected chi connectivity index (χ3v) is 5.61. The number of nitrogens with zero attached hydrogens (tertiary/aromatic N) is 3. The number of hydrogen-bond acceptors (Lipinski definition) is 5. The van der Waals surface area contributed by atoms with Gasteiger partial charge in [0.05, 0.1) is 0 Å². The minimum absolute atomic E-state index is 0.329. The maximum Gasteiger partial charge on any atom is 0.192 e. The van der Waals surface area contributed by atoms with Crippen LogP contribution in [0.4, 0.5) is 4.39 Å². The number of halogens is 2. The topological polar surface area (TPSA) is 49.2 Å². The molecule has 0 amide bonds. The summed E-state index contributed by atoms with van der Waals surface area (Å²) < 4.78 is 27.8. The van der Waals surface area contributed by atoms with E-state index in [1.165, 1.54) is 17.8 Å². The van der Waals surface area contributed by atoms with Crippen LogP contribution in [0.5, 0.6) is 11.5 Å². The van der Waals surface area contributed by atoms with Gasteiger partial charge in [-0.3, -0.25) is 4.57 Å². The van der Waals surface area contributed by atoms with Gasteiger partial charge in [-0.15, -0.1) is 16.8 Å². The number of benzene rings is 2. The molecule has 0 fully saturated rings. The minimum atomic E-state index is -0.395. The highest BCUT2D eigenvalue weighted by Crippen LogP contribution is 2.36. The van der Waals surface area contributed by atoms with E-state index in [0.29, 0.717) is 52.0 Å². The lowest BCUT2D eigenvalue weighted by Crippen LogP contribution is -2.25. The van der Waals surface area contributed by atoms with E-state index < -0.39 is 6.10 Å². The van der Waals surface area contributed by atoms with E-state index >= 15 is 0 Å². The molecule has 1 aliphatic heterocycles. The van der Waals surface area contributed by atoms with Gasteiger partial charge in [0.2, 0.25) is 0 Å². The van der Waals surface area contributed by atoms with Crippen LogP contribution < -0.4 is 9.47 Å². The number of ether oxygens (including phenoxy) is 2. The van der Waals surface area contributed by atoms with Crippen LogP contribution in [0.25, 0.3) is 0 Å². The van der Waals surface area contributed by atoms with Crippen LogP contribution in [0, 0.1) is 5.82 Å². The summed E-state index contributed by atoms with van der Waals surface area (Å²) in [5, 5.41) is 9.60. The summed E-state index contributed by atoms with van der Waals surface area (Å²) >= 11 is 7.48. The van der Waals surface area contributed by atoms with Crippen molar-refractivity contribution >= 4 is 23.4 Å². The lowest BCUT2D eigenvalue weighted by atomic mass is 10.2. The fourth-order valence-electron chi connectivity index (χ4n) is 2.90. The molecule has 0 N–H and O–H groups in total. The number of thioether (sulfide) groups is 1. The highest BCUT2D eigenvalue weighted by atomic mass is 35.5. The Morgan fingerprint density at radius 2 is 2.04 bits per heavy atom. The van der Waals surface area contributed by atoms with Crippen LogP contribution in [0.15, 0.2) is 60.3 Å². The summed E-state index contributed by atoms with van der Waals surface area (Å²) in [4.78, 5) is 0. The largest absolute Gasteiger partial charge is 0.485 e. The van der Waals surface area contributed by atoms with Crippen molar-refractivity contribution in [3.8, 4) is 11.5 Å². The number of aromatic nitrogens is 3. The molecule has 1 atom stereocenters. The molecule has 0 spiro atoms. The molecular weight excluding hydrogens is 401 g/mol. The zero-order valence-electron chi connectivity index (χ0n) is 14.8. The predicted octanol–water partition coefficient (Wildman–Crippen LogP) is 5.06. The Labute approximate surface area is 171 Å². The quantitative estimate of drug-likeness (QED) is 0.414. The second-order valence-corrected chi connectivity index (χ2v) is 7.44. The molecule has 1 aromatic heterocycles. The first-order chi connectivity index (χ1) is 13.7. The summed E-state index contributed by atoms with van der Waals surface area (Å²) in [7, 11) is 0. The van der Waals surface area contributed by atoms with Crippen LogP contribution in [0.3, 0.4) is 0 Å². The molecule has 144 valence electrons. The second-order valence-electron chi connectivity index (χ2n) is 6.09. The van der Waals surface area contributed by atoms with Crippen LogP contribution in [0.2, 0.25) is 5.02 Å². The summed E-state index contributed by atoms with van der Waals surface area (Å²) in [6.45, 7) is 4.63. The monoisotopic (exact) mass is 417 g/mol. The second kappa shape index (κ2) is 8.24. The van der Waals surface area contributed by atoms with Gasteiger partial charge in [0.25, 0.3) is 0 Å². The molecule has 3 aromatic rings. The molecule has 8 heteroatoms. The lowest BCUT2D eigenvalue weighted by Gasteiger charge is -2.26. The molecule has 0 aliphatic carbocycles. The molecular formula is C20H17ClFN3O2S. The molecule has 0 saturated carbocycles. The Morgan fingerprint density at radius 3 is 2.82 bits per heavy atom. The van der Waals surface area contributed by atoms with Gasteiger partial charge in [0.15, 0.2) is 28.6 Å². The van der Waals surface area contributed by atoms with Gasteiger partial charge in [-0.25, -0.2) is 4.39 Å². The number of fused-ring (bicyclic) bond motifs is 1. The first-order valence-corrected chi connectivity index (χ1v) is 10.0. The van der Waals surface area contributed by atoms with Crippen molar-refractivity contribution < 1.29 is 13.9 Å². The number of para-hydroxylation sites is 2. The number of rotatable bonds is 6. The highest BCUT2D eigenvalue weighted by molar-refractivity contribution is 7.98. The van der Waals surface area contributed by atoms with Crippen molar-refractivity contribution in [3.05, 3.63) is 77.3 Å². The fourth-order valence-corrected chi connectivity index (χ4v) is 4.20. The van der Waals surface area contributed by atoms with Gasteiger partial charge in [-0.1, -0.05) is 47.6 Å². The number of hydrogen-bond donors (Lipinski definition) is 0. The zero-order valence-corrected chi connectivity index (χ0v) is 16.4. The molecule has 0 saturated heterocycles. The Bertz CT molecular complexity index is 991.